The Morgan fingerprint density at radius 2 is 1.71 bits per heavy atom. The van der Waals surface area contributed by atoms with Gasteiger partial charge < -0.3 is 5.73 Å². The lowest BCUT2D eigenvalue weighted by molar-refractivity contribution is 1.35. The first kappa shape index (κ1) is 8.14. The quantitative estimate of drug-likeness (QED) is 0.635. The second-order valence-corrected chi connectivity index (χ2v) is 5.37. The summed E-state index contributed by atoms with van der Waals surface area (Å²) in [5.41, 5.74) is 7.66. The van der Waals surface area contributed by atoms with E-state index in [4.69, 9.17) is 5.73 Å². The molecule has 3 aromatic rings. The number of fused-ring (bicyclic) bond motifs is 2. The van der Waals surface area contributed by atoms with E-state index in [0.29, 0.717) is 5.13 Å². The summed E-state index contributed by atoms with van der Waals surface area (Å²) < 4.78 is 2.29. The first-order valence-electron chi connectivity index (χ1n) is 4.15. The molecule has 2 heterocycles. The van der Waals surface area contributed by atoms with Crippen molar-refractivity contribution in [2.75, 3.05) is 5.73 Å². The number of benzene rings is 1. The average molecular weight is 221 g/mol. The van der Waals surface area contributed by atoms with Crippen LogP contribution in [0.5, 0.6) is 0 Å². The van der Waals surface area contributed by atoms with E-state index in [9.17, 15) is 0 Å². The van der Waals surface area contributed by atoms with Crippen LogP contribution in [0.25, 0.3) is 20.4 Å². The maximum atomic E-state index is 5.64. The summed E-state index contributed by atoms with van der Waals surface area (Å²) in [6.07, 6.45) is 0. The van der Waals surface area contributed by atoms with Crippen molar-refractivity contribution < 1.29 is 0 Å². The first-order valence-corrected chi connectivity index (χ1v) is 5.79. The van der Waals surface area contributed by atoms with E-state index in [0.717, 1.165) is 20.7 Å². The number of rotatable bonds is 0. The van der Waals surface area contributed by atoms with Crippen molar-refractivity contribution in [1.29, 1.82) is 0 Å². The van der Waals surface area contributed by atoms with Crippen LogP contribution < -0.4 is 5.73 Å². The highest BCUT2D eigenvalue weighted by molar-refractivity contribution is 7.22. The maximum Gasteiger partial charge on any atom is 0.181 e. The molecule has 2 N–H and O–H groups in total. The standard InChI is InChI=1S/C9H7N3S2/c1-4-11-5-2-8-6(3-7(5)13-4)12-9(10)14-8/h2-3H,1H3,(H2,10,12). The van der Waals surface area contributed by atoms with Gasteiger partial charge in [-0.25, -0.2) is 9.97 Å². The number of aromatic nitrogens is 2. The molecule has 0 saturated carbocycles. The van der Waals surface area contributed by atoms with E-state index in [-0.39, 0.29) is 0 Å². The molecule has 1 aromatic carbocycles. The molecule has 3 nitrogen and oxygen atoms in total. The zero-order chi connectivity index (χ0) is 9.71. The summed E-state index contributed by atoms with van der Waals surface area (Å²) in [4.78, 5) is 8.68. The van der Waals surface area contributed by atoms with Gasteiger partial charge in [0.1, 0.15) is 0 Å². The van der Waals surface area contributed by atoms with Crippen LogP contribution >= 0.6 is 22.7 Å². The Morgan fingerprint density at radius 1 is 1.07 bits per heavy atom. The molecule has 0 aliphatic heterocycles. The highest BCUT2D eigenvalue weighted by Crippen LogP contribution is 2.30. The molecule has 0 aliphatic carbocycles. The van der Waals surface area contributed by atoms with Crippen LogP contribution in [0.2, 0.25) is 0 Å². The largest absolute Gasteiger partial charge is 0.375 e. The molecule has 0 bridgehead atoms. The molecule has 3 rings (SSSR count). The minimum Gasteiger partial charge on any atom is -0.375 e. The Morgan fingerprint density at radius 3 is 2.50 bits per heavy atom. The lowest BCUT2D eigenvalue weighted by Crippen LogP contribution is -1.78. The summed E-state index contributed by atoms with van der Waals surface area (Å²) in [5.74, 6) is 0. The van der Waals surface area contributed by atoms with Crippen molar-refractivity contribution >= 4 is 48.2 Å². The Bertz CT molecular complexity index is 521. The number of thiazole rings is 2. The average Bonchev–Trinajstić information content (AvgIpc) is 2.59. The van der Waals surface area contributed by atoms with Gasteiger partial charge in [-0.05, 0) is 19.1 Å². The number of hydrogen-bond donors (Lipinski definition) is 1. The maximum absolute atomic E-state index is 5.64. The molecule has 70 valence electrons. The normalized spacial score (nSPS) is 11.5. The smallest absolute Gasteiger partial charge is 0.181 e. The molecular weight excluding hydrogens is 214 g/mol. The molecule has 0 aliphatic rings. The third kappa shape index (κ3) is 1.09. The van der Waals surface area contributed by atoms with Crippen LogP contribution in [-0.2, 0) is 0 Å². The highest BCUT2D eigenvalue weighted by atomic mass is 32.1. The summed E-state index contributed by atoms with van der Waals surface area (Å²) in [5, 5.41) is 1.71. The minimum absolute atomic E-state index is 0.620. The molecule has 0 fully saturated rings. The number of hydrogen-bond acceptors (Lipinski definition) is 5. The minimum atomic E-state index is 0.620. The predicted octanol–water partition coefficient (Wildman–Crippen LogP) is 2.80. The summed E-state index contributed by atoms with van der Waals surface area (Å²) in [7, 11) is 0. The molecule has 2 aromatic heterocycles. The van der Waals surface area contributed by atoms with Crippen molar-refractivity contribution in [3.63, 3.8) is 0 Å². The van der Waals surface area contributed by atoms with E-state index in [1.165, 1.54) is 16.0 Å². The zero-order valence-corrected chi connectivity index (χ0v) is 9.08. The van der Waals surface area contributed by atoms with Gasteiger partial charge in [0, 0.05) is 0 Å². The van der Waals surface area contributed by atoms with Crippen LogP contribution in [0.3, 0.4) is 0 Å². The number of nitrogen functional groups attached to an aromatic ring is 1. The molecule has 0 spiro atoms. The molecule has 0 atom stereocenters. The molecule has 5 heteroatoms. The first-order chi connectivity index (χ1) is 6.72. The summed E-state index contributed by atoms with van der Waals surface area (Å²) in [6.45, 7) is 2.01. The molecule has 14 heavy (non-hydrogen) atoms. The van der Waals surface area contributed by atoms with E-state index in [2.05, 4.69) is 22.1 Å². The van der Waals surface area contributed by atoms with Gasteiger partial charge >= 0.3 is 0 Å². The second-order valence-electron chi connectivity index (χ2n) is 3.07. The van der Waals surface area contributed by atoms with E-state index >= 15 is 0 Å². The fourth-order valence-electron chi connectivity index (χ4n) is 1.48. The lowest BCUT2D eigenvalue weighted by Gasteiger charge is -1.86. The van der Waals surface area contributed by atoms with E-state index in [1.54, 1.807) is 11.3 Å². The van der Waals surface area contributed by atoms with E-state index in [1.807, 2.05) is 6.92 Å². The van der Waals surface area contributed by atoms with Gasteiger partial charge in [-0.2, -0.15) is 0 Å². The molecular formula is C9H7N3S2. The molecule has 0 saturated heterocycles. The van der Waals surface area contributed by atoms with Gasteiger partial charge in [0.05, 0.1) is 25.4 Å². The highest BCUT2D eigenvalue weighted by Gasteiger charge is 2.06. The van der Waals surface area contributed by atoms with E-state index < -0.39 is 0 Å². The van der Waals surface area contributed by atoms with Crippen LogP contribution in [0.15, 0.2) is 12.1 Å². The number of aryl methyl sites for hydroxylation is 1. The predicted molar refractivity (Wildman–Crippen MR) is 61.9 cm³/mol. The van der Waals surface area contributed by atoms with Crippen molar-refractivity contribution in [3.05, 3.63) is 17.1 Å². The molecule has 0 amide bonds. The number of nitrogens with two attached hydrogens (primary N) is 1. The second kappa shape index (κ2) is 2.65. The van der Waals surface area contributed by atoms with Crippen molar-refractivity contribution in [3.8, 4) is 0 Å². The zero-order valence-electron chi connectivity index (χ0n) is 7.44. The van der Waals surface area contributed by atoms with Crippen LogP contribution in [0.1, 0.15) is 5.01 Å². The fourth-order valence-corrected chi connectivity index (χ4v) is 3.07. The topological polar surface area (TPSA) is 51.8 Å². The molecule has 0 unspecified atom stereocenters. The van der Waals surface area contributed by atoms with Gasteiger partial charge in [-0.3, -0.25) is 0 Å². The fraction of sp³-hybridized carbons (Fsp3) is 0.111. The van der Waals surface area contributed by atoms with Crippen molar-refractivity contribution in [2.24, 2.45) is 0 Å². The van der Waals surface area contributed by atoms with Gasteiger partial charge in [-0.15, -0.1) is 11.3 Å². The van der Waals surface area contributed by atoms with Crippen LogP contribution in [0, 0.1) is 6.92 Å². The van der Waals surface area contributed by atoms with Gasteiger partial charge in [0.15, 0.2) is 5.13 Å². The lowest BCUT2D eigenvalue weighted by atomic mass is 10.3. The van der Waals surface area contributed by atoms with Gasteiger partial charge in [0.25, 0.3) is 0 Å². The van der Waals surface area contributed by atoms with Crippen LogP contribution in [0.4, 0.5) is 5.13 Å². The summed E-state index contributed by atoms with van der Waals surface area (Å²) >= 11 is 3.20. The molecule has 0 radical (unpaired) electrons. The number of anilines is 1. The Hall–Kier alpha value is -1.20. The Kier molecular flexibility index (Phi) is 1.54. The van der Waals surface area contributed by atoms with Crippen molar-refractivity contribution in [1.82, 2.24) is 9.97 Å². The summed E-state index contributed by atoms with van der Waals surface area (Å²) in [6, 6.07) is 4.12. The Labute approximate surface area is 88.2 Å². The SMILES string of the molecule is Cc1nc2cc3sc(N)nc3cc2s1. The Balaban J connectivity index is 2.49. The third-order valence-electron chi connectivity index (χ3n) is 2.02. The van der Waals surface area contributed by atoms with Gasteiger partial charge in [-0.1, -0.05) is 11.3 Å². The number of nitrogens with zero attached hydrogens (tertiary/aromatic N) is 2. The van der Waals surface area contributed by atoms with Crippen LogP contribution in [-0.4, -0.2) is 9.97 Å². The third-order valence-corrected chi connectivity index (χ3v) is 3.80. The van der Waals surface area contributed by atoms with Gasteiger partial charge in [0.2, 0.25) is 0 Å². The monoisotopic (exact) mass is 221 g/mol. The van der Waals surface area contributed by atoms with Crippen molar-refractivity contribution in [2.45, 2.75) is 6.92 Å².